The van der Waals surface area contributed by atoms with E-state index in [1.807, 2.05) is 6.08 Å². The van der Waals surface area contributed by atoms with Crippen LogP contribution in [0.5, 0.6) is 0 Å². The molecule has 0 radical (unpaired) electrons. The number of allylic oxidation sites excluding steroid dienone is 3. The second kappa shape index (κ2) is 48.2. The molecule has 3 aliphatic rings. The number of ether oxygens (including phenoxy) is 6. The minimum atomic E-state index is -1.98. The number of nitrogens with one attached hydrogen (secondary N) is 1. The van der Waals surface area contributed by atoms with Gasteiger partial charge in [-0.3, -0.25) is 4.79 Å². The highest BCUT2D eigenvalue weighted by Crippen LogP contribution is 2.33. The third-order valence-electron chi connectivity index (χ3n) is 17.0. The molecular formula is C65H121NO18. The fourth-order valence-electron chi connectivity index (χ4n) is 11.5. The molecule has 17 atom stereocenters. The van der Waals surface area contributed by atoms with Crippen LogP contribution < -0.4 is 5.32 Å². The Kier molecular flexibility index (Phi) is 43.9. The number of carbonyl (C=O) groups is 1. The first-order valence-corrected chi connectivity index (χ1v) is 33.6. The summed E-state index contributed by atoms with van der Waals surface area (Å²) in [6, 6.07) is -0.984. The number of aliphatic hydroxyl groups excluding tert-OH is 11. The smallest absolute Gasteiger partial charge is 0.220 e. The van der Waals surface area contributed by atoms with Crippen molar-refractivity contribution in [1.82, 2.24) is 5.32 Å². The van der Waals surface area contributed by atoms with Crippen molar-refractivity contribution in [2.45, 2.75) is 356 Å². The van der Waals surface area contributed by atoms with Gasteiger partial charge in [0.05, 0.1) is 38.6 Å². The van der Waals surface area contributed by atoms with Crippen molar-refractivity contribution in [2.75, 3.05) is 26.4 Å². The third kappa shape index (κ3) is 30.7. The zero-order chi connectivity index (χ0) is 61.2. The van der Waals surface area contributed by atoms with Crippen molar-refractivity contribution >= 4 is 5.91 Å². The summed E-state index contributed by atoms with van der Waals surface area (Å²) >= 11 is 0. The van der Waals surface area contributed by atoms with Gasteiger partial charge in [-0.05, 0) is 32.1 Å². The fourth-order valence-corrected chi connectivity index (χ4v) is 11.5. The SMILES string of the molecule is CCCCCCCCCCCCCCCCCCCCCCCCCCC/C=C/CC/C=C/C(O)C(COC1OC(CO)C(OC2OC(CO)C(OC3OC(CO)C(O)C(O)C3O)C(O)C2O)C(O)C1O)NC(=O)CCCCCCCCCC. The zero-order valence-electron chi connectivity index (χ0n) is 51.9. The number of amides is 1. The summed E-state index contributed by atoms with van der Waals surface area (Å²) in [6.45, 7) is 1.68. The van der Waals surface area contributed by atoms with E-state index in [1.165, 1.54) is 173 Å². The monoisotopic (exact) mass is 1200 g/mol. The second-order valence-corrected chi connectivity index (χ2v) is 24.3. The van der Waals surface area contributed by atoms with E-state index in [2.05, 4.69) is 31.3 Å². The van der Waals surface area contributed by atoms with Crippen LogP contribution in [0.2, 0.25) is 0 Å². The summed E-state index contributed by atoms with van der Waals surface area (Å²) in [7, 11) is 0. The van der Waals surface area contributed by atoms with Crippen molar-refractivity contribution in [3.8, 4) is 0 Å². The van der Waals surface area contributed by atoms with Crippen molar-refractivity contribution in [3.63, 3.8) is 0 Å². The minimum Gasteiger partial charge on any atom is -0.394 e. The molecule has 0 saturated carbocycles. The van der Waals surface area contributed by atoms with Crippen LogP contribution in [0.3, 0.4) is 0 Å². The largest absolute Gasteiger partial charge is 0.394 e. The Morgan fingerprint density at radius 3 is 1.19 bits per heavy atom. The predicted octanol–water partition coefficient (Wildman–Crippen LogP) is 7.88. The van der Waals surface area contributed by atoms with Crippen molar-refractivity contribution in [2.24, 2.45) is 0 Å². The molecule has 19 heteroatoms. The van der Waals surface area contributed by atoms with Gasteiger partial charge in [-0.2, -0.15) is 0 Å². The van der Waals surface area contributed by atoms with Crippen LogP contribution in [-0.2, 0) is 33.2 Å². The molecule has 19 nitrogen and oxygen atoms in total. The van der Waals surface area contributed by atoms with Crippen LogP contribution in [0, 0.1) is 0 Å². The molecular weight excluding hydrogens is 1080 g/mol. The van der Waals surface area contributed by atoms with Gasteiger partial charge in [0, 0.05) is 6.42 Å². The van der Waals surface area contributed by atoms with Gasteiger partial charge in [-0.1, -0.05) is 237 Å². The molecule has 0 spiro atoms. The Balaban J connectivity index is 1.37. The number of hydrogen-bond acceptors (Lipinski definition) is 18. The van der Waals surface area contributed by atoms with Crippen molar-refractivity contribution < 1.29 is 89.4 Å². The van der Waals surface area contributed by atoms with E-state index in [4.69, 9.17) is 28.4 Å². The summed E-state index contributed by atoms with van der Waals surface area (Å²) in [6.07, 6.45) is 26.5. The first-order chi connectivity index (χ1) is 40.8. The Morgan fingerprint density at radius 2 is 0.762 bits per heavy atom. The lowest BCUT2D eigenvalue weighted by molar-refractivity contribution is -0.379. The summed E-state index contributed by atoms with van der Waals surface area (Å²) in [4.78, 5) is 13.2. The highest BCUT2D eigenvalue weighted by Gasteiger charge is 2.53. The first-order valence-electron chi connectivity index (χ1n) is 33.6. The molecule has 1 amide bonds. The molecule has 3 aliphatic heterocycles. The van der Waals surface area contributed by atoms with E-state index in [0.29, 0.717) is 12.8 Å². The van der Waals surface area contributed by atoms with Crippen molar-refractivity contribution in [1.29, 1.82) is 0 Å². The van der Waals surface area contributed by atoms with E-state index in [-0.39, 0.29) is 18.9 Å². The van der Waals surface area contributed by atoms with Gasteiger partial charge in [0.25, 0.3) is 0 Å². The quantitative estimate of drug-likeness (QED) is 0.0204. The maximum absolute atomic E-state index is 13.2. The van der Waals surface area contributed by atoms with Crippen LogP contribution in [0.15, 0.2) is 24.3 Å². The molecule has 17 unspecified atom stereocenters. The lowest BCUT2D eigenvalue weighted by atomic mass is 9.96. The molecule has 84 heavy (non-hydrogen) atoms. The lowest BCUT2D eigenvalue weighted by Crippen LogP contribution is -2.66. The number of carbonyl (C=O) groups excluding carboxylic acids is 1. The van der Waals surface area contributed by atoms with Gasteiger partial charge in [0.15, 0.2) is 18.9 Å². The summed E-state index contributed by atoms with van der Waals surface area (Å²) in [5, 5.41) is 120. The topological polar surface area (TPSA) is 307 Å². The Morgan fingerprint density at radius 1 is 0.417 bits per heavy atom. The molecule has 0 aromatic heterocycles. The summed E-state index contributed by atoms with van der Waals surface area (Å²) in [5.41, 5.74) is 0. The molecule has 0 aromatic carbocycles. The number of rotatable bonds is 51. The normalized spacial score (nSPS) is 29.3. The van der Waals surface area contributed by atoms with Crippen LogP contribution >= 0.6 is 0 Å². The highest BCUT2D eigenvalue weighted by molar-refractivity contribution is 5.76. The molecule has 12 N–H and O–H groups in total. The summed E-state index contributed by atoms with van der Waals surface area (Å²) in [5.74, 6) is -0.289. The van der Waals surface area contributed by atoms with E-state index >= 15 is 0 Å². The van der Waals surface area contributed by atoms with Gasteiger partial charge < -0.3 is 89.9 Å². The van der Waals surface area contributed by atoms with E-state index in [9.17, 15) is 61.0 Å². The lowest BCUT2D eigenvalue weighted by Gasteiger charge is -2.48. The van der Waals surface area contributed by atoms with Crippen molar-refractivity contribution in [3.05, 3.63) is 24.3 Å². The molecule has 3 rings (SSSR count). The summed E-state index contributed by atoms with van der Waals surface area (Å²) < 4.78 is 34.2. The zero-order valence-corrected chi connectivity index (χ0v) is 51.9. The Hall–Kier alpha value is -1.73. The Labute approximate surface area is 505 Å². The van der Waals surface area contributed by atoms with Gasteiger partial charge in [0.1, 0.15) is 73.2 Å². The van der Waals surface area contributed by atoms with E-state index in [1.54, 1.807) is 6.08 Å². The Bertz CT molecular complexity index is 1630. The number of aliphatic hydroxyl groups is 11. The molecule has 0 aliphatic carbocycles. The van der Waals surface area contributed by atoms with E-state index in [0.717, 1.165) is 44.9 Å². The molecule has 3 heterocycles. The van der Waals surface area contributed by atoms with Gasteiger partial charge in [0.2, 0.25) is 5.91 Å². The minimum absolute atomic E-state index is 0.237. The second-order valence-electron chi connectivity index (χ2n) is 24.3. The first kappa shape index (κ1) is 76.5. The third-order valence-corrected chi connectivity index (χ3v) is 17.0. The molecule has 494 valence electrons. The fraction of sp³-hybridized carbons (Fsp3) is 0.923. The van der Waals surface area contributed by atoms with Crippen LogP contribution in [0.4, 0.5) is 0 Å². The highest BCUT2D eigenvalue weighted by atomic mass is 16.8. The van der Waals surface area contributed by atoms with Crippen LogP contribution in [-0.4, -0.2) is 193 Å². The standard InChI is InChI=1S/C65H121NO18/c1-3-5-7-9-11-13-14-15-16-17-18-19-20-21-22-23-24-25-26-27-28-29-30-31-32-33-34-35-36-38-40-42-49(70)48(66-53(71)43-41-39-37-12-10-8-6-4-2)47-79-63-59(77)56(74)61(51(45-68)81-63)84-65-60(78)57(75)62(52(46-69)82-65)83-64-58(76)55(73)54(72)50(44-67)80-64/h34-35,40,42,48-52,54-65,67-70,72-78H,3-33,36-39,41,43-47H2,1-2H3,(H,66,71)/b35-34+,42-40+. The average Bonchev–Trinajstić information content (AvgIpc) is 2.89. The predicted molar refractivity (Wildman–Crippen MR) is 323 cm³/mol. The van der Waals surface area contributed by atoms with Gasteiger partial charge in [-0.15, -0.1) is 0 Å². The van der Waals surface area contributed by atoms with Crippen LogP contribution in [0.25, 0.3) is 0 Å². The van der Waals surface area contributed by atoms with Gasteiger partial charge >= 0.3 is 0 Å². The average molecular weight is 1200 g/mol. The van der Waals surface area contributed by atoms with Crippen LogP contribution in [0.1, 0.15) is 251 Å². The molecule has 0 bridgehead atoms. The number of hydrogen-bond donors (Lipinski definition) is 12. The molecule has 3 fully saturated rings. The van der Waals surface area contributed by atoms with E-state index < -0.39 is 124 Å². The van der Waals surface area contributed by atoms with Gasteiger partial charge in [-0.25, -0.2) is 0 Å². The maximum atomic E-state index is 13.2. The molecule has 0 aromatic rings. The number of unbranched alkanes of at least 4 members (excludes halogenated alkanes) is 33. The maximum Gasteiger partial charge on any atom is 0.220 e. The molecule has 3 saturated heterocycles.